The summed E-state index contributed by atoms with van der Waals surface area (Å²) in [7, 11) is 1.56. The molecule has 0 amide bonds. The van der Waals surface area contributed by atoms with E-state index in [2.05, 4.69) is 13.8 Å². The van der Waals surface area contributed by atoms with Crippen molar-refractivity contribution in [1.29, 1.82) is 0 Å². The van der Waals surface area contributed by atoms with Crippen LogP contribution in [0.5, 0.6) is 5.75 Å². The fourth-order valence-electron chi connectivity index (χ4n) is 1.48. The number of halogens is 3. The van der Waals surface area contributed by atoms with Crippen molar-refractivity contribution in [2.45, 2.75) is 25.6 Å². The van der Waals surface area contributed by atoms with Gasteiger partial charge in [-0.1, -0.05) is 37.0 Å². The summed E-state index contributed by atoms with van der Waals surface area (Å²) in [5.74, 6) is 1.09. The second kappa shape index (κ2) is 6.00. The normalized spacial score (nSPS) is 12.9. The second-order valence-corrected chi connectivity index (χ2v) is 5.45. The van der Waals surface area contributed by atoms with Gasteiger partial charge in [0.05, 0.1) is 17.5 Å². The first-order valence-electron chi connectivity index (χ1n) is 5.12. The van der Waals surface area contributed by atoms with E-state index in [-0.39, 0.29) is 5.38 Å². The summed E-state index contributed by atoms with van der Waals surface area (Å²) in [5, 5.41) is 1.02. The molecule has 0 aliphatic carbocycles. The fourth-order valence-corrected chi connectivity index (χ4v) is 2.61. The molecule has 0 aliphatic rings. The summed E-state index contributed by atoms with van der Waals surface area (Å²) in [6, 6.07) is 3.48. The van der Waals surface area contributed by atoms with E-state index in [0.29, 0.717) is 21.7 Å². The van der Waals surface area contributed by atoms with Crippen LogP contribution in [0.2, 0.25) is 10.0 Å². The molecule has 1 aromatic carbocycles. The Hall–Kier alpha value is -0.110. The highest BCUT2D eigenvalue weighted by Crippen LogP contribution is 2.38. The van der Waals surface area contributed by atoms with Gasteiger partial charge in [0.25, 0.3) is 0 Å². The van der Waals surface area contributed by atoms with Crippen LogP contribution in [0.4, 0.5) is 0 Å². The Morgan fingerprint density at radius 2 is 1.81 bits per heavy atom. The monoisotopic (exact) mass is 280 g/mol. The molecule has 0 saturated heterocycles. The van der Waals surface area contributed by atoms with Crippen LogP contribution >= 0.6 is 34.8 Å². The molecule has 16 heavy (non-hydrogen) atoms. The third-order valence-electron chi connectivity index (χ3n) is 2.29. The van der Waals surface area contributed by atoms with Crippen LogP contribution in [-0.4, -0.2) is 7.11 Å². The van der Waals surface area contributed by atoms with Crippen LogP contribution in [0.15, 0.2) is 12.1 Å². The molecule has 4 heteroatoms. The van der Waals surface area contributed by atoms with Gasteiger partial charge in [-0.25, -0.2) is 0 Å². The summed E-state index contributed by atoms with van der Waals surface area (Å²) in [6.07, 6.45) is 0.865. The van der Waals surface area contributed by atoms with E-state index >= 15 is 0 Å². The molecule has 1 nitrogen and oxygen atoms in total. The number of rotatable bonds is 4. The average Bonchev–Trinajstić information content (AvgIpc) is 2.19. The van der Waals surface area contributed by atoms with Gasteiger partial charge in [-0.3, -0.25) is 0 Å². The van der Waals surface area contributed by atoms with Gasteiger partial charge in [0.1, 0.15) is 5.75 Å². The molecule has 1 atom stereocenters. The van der Waals surface area contributed by atoms with E-state index in [0.717, 1.165) is 12.0 Å². The molecule has 1 rings (SSSR count). The highest BCUT2D eigenvalue weighted by atomic mass is 35.5. The quantitative estimate of drug-likeness (QED) is 0.678. The first-order valence-corrected chi connectivity index (χ1v) is 6.32. The molecule has 0 aromatic heterocycles. The Labute approximate surface area is 112 Å². The van der Waals surface area contributed by atoms with Gasteiger partial charge < -0.3 is 4.74 Å². The predicted octanol–water partition coefficient (Wildman–Crippen LogP) is 5.33. The van der Waals surface area contributed by atoms with Crippen molar-refractivity contribution in [2.75, 3.05) is 7.11 Å². The van der Waals surface area contributed by atoms with E-state index in [1.54, 1.807) is 19.2 Å². The van der Waals surface area contributed by atoms with Crippen molar-refractivity contribution < 1.29 is 4.74 Å². The summed E-state index contributed by atoms with van der Waals surface area (Å²) in [5.41, 5.74) is 0.864. The van der Waals surface area contributed by atoms with E-state index in [4.69, 9.17) is 39.5 Å². The summed E-state index contributed by atoms with van der Waals surface area (Å²) in [4.78, 5) is 0. The molecule has 0 spiro atoms. The molecule has 0 bridgehead atoms. The zero-order valence-electron chi connectivity index (χ0n) is 9.56. The van der Waals surface area contributed by atoms with Crippen molar-refractivity contribution in [2.24, 2.45) is 5.92 Å². The molecule has 1 unspecified atom stereocenters. The van der Waals surface area contributed by atoms with Crippen molar-refractivity contribution in [3.8, 4) is 5.75 Å². The third-order valence-corrected chi connectivity index (χ3v) is 3.32. The van der Waals surface area contributed by atoms with Gasteiger partial charge in [-0.05, 0) is 24.0 Å². The molecule has 0 N–H and O–H groups in total. The van der Waals surface area contributed by atoms with Gasteiger partial charge in [-0.2, -0.15) is 0 Å². The van der Waals surface area contributed by atoms with E-state index in [9.17, 15) is 0 Å². The predicted molar refractivity (Wildman–Crippen MR) is 71.1 cm³/mol. The van der Waals surface area contributed by atoms with E-state index in [1.165, 1.54) is 0 Å². The maximum Gasteiger partial charge on any atom is 0.138 e. The first kappa shape index (κ1) is 14.0. The van der Waals surface area contributed by atoms with Crippen LogP contribution in [0.1, 0.15) is 31.2 Å². The molecule has 0 radical (unpaired) electrons. The third kappa shape index (κ3) is 3.44. The van der Waals surface area contributed by atoms with Crippen LogP contribution in [0, 0.1) is 5.92 Å². The number of benzene rings is 1. The van der Waals surface area contributed by atoms with Crippen LogP contribution < -0.4 is 4.74 Å². The lowest BCUT2D eigenvalue weighted by Crippen LogP contribution is -1.98. The lowest BCUT2D eigenvalue weighted by molar-refractivity contribution is 0.415. The van der Waals surface area contributed by atoms with E-state index in [1.807, 2.05) is 0 Å². The maximum absolute atomic E-state index is 6.29. The van der Waals surface area contributed by atoms with Crippen molar-refractivity contribution in [3.63, 3.8) is 0 Å². The fraction of sp³-hybridized carbons (Fsp3) is 0.500. The number of ether oxygens (including phenoxy) is 1. The van der Waals surface area contributed by atoms with Gasteiger partial charge >= 0.3 is 0 Å². The Bertz CT molecular complexity index is 364. The first-order chi connectivity index (χ1) is 7.45. The largest absolute Gasteiger partial charge is 0.495 e. The zero-order chi connectivity index (χ0) is 12.3. The SMILES string of the molecule is COc1cc(Cl)c(C(Cl)CC(C)C)cc1Cl. The molecule has 0 saturated carbocycles. The highest BCUT2D eigenvalue weighted by molar-refractivity contribution is 6.35. The molecular weight excluding hydrogens is 266 g/mol. The Balaban J connectivity index is 3.01. The van der Waals surface area contributed by atoms with Crippen LogP contribution in [0.3, 0.4) is 0 Å². The molecule has 1 aromatic rings. The van der Waals surface area contributed by atoms with Gasteiger partial charge in [-0.15, -0.1) is 11.6 Å². The maximum atomic E-state index is 6.29. The lowest BCUT2D eigenvalue weighted by atomic mass is 10.0. The molecule has 90 valence electrons. The summed E-state index contributed by atoms with van der Waals surface area (Å²) >= 11 is 18.5. The average molecular weight is 282 g/mol. The molecule has 0 heterocycles. The smallest absolute Gasteiger partial charge is 0.138 e. The van der Waals surface area contributed by atoms with Gasteiger partial charge in [0.15, 0.2) is 0 Å². The Kier molecular flexibility index (Phi) is 5.23. The minimum absolute atomic E-state index is 0.115. The second-order valence-electron chi connectivity index (χ2n) is 4.11. The molecule has 0 aliphatic heterocycles. The molecular formula is C12H15Cl3O. The Morgan fingerprint density at radius 1 is 1.19 bits per heavy atom. The zero-order valence-corrected chi connectivity index (χ0v) is 11.8. The number of hydrogen-bond acceptors (Lipinski definition) is 1. The summed E-state index contributed by atoms with van der Waals surface area (Å²) in [6.45, 7) is 4.24. The summed E-state index contributed by atoms with van der Waals surface area (Å²) < 4.78 is 5.08. The van der Waals surface area contributed by atoms with Crippen molar-refractivity contribution >= 4 is 34.8 Å². The van der Waals surface area contributed by atoms with Crippen LogP contribution in [-0.2, 0) is 0 Å². The van der Waals surface area contributed by atoms with Crippen LogP contribution in [0.25, 0.3) is 0 Å². The van der Waals surface area contributed by atoms with Gasteiger partial charge in [0, 0.05) is 11.1 Å². The Morgan fingerprint density at radius 3 is 2.31 bits per heavy atom. The minimum Gasteiger partial charge on any atom is -0.495 e. The molecule has 0 fully saturated rings. The topological polar surface area (TPSA) is 9.23 Å². The highest BCUT2D eigenvalue weighted by Gasteiger charge is 2.16. The standard InChI is InChI=1S/C12H15Cl3O/c1-7(2)4-9(13)8-5-11(15)12(16-3)6-10(8)14/h5-7,9H,4H2,1-3H3. The number of methoxy groups -OCH3 is 1. The number of hydrogen-bond donors (Lipinski definition) is 0. The number of alkyl halides is 1. The lowest BCUT2D eigenvalue weighted by Gasteiger charge is -2.15. The van der Waals surface area contributed by atoms with Gasteiger partial charge in [0.2, 0.25) is 0 Å². The van der Waals surface area contributed by atoms with Crippen molar-refractivity contribution in [1.82, 2.24) is 0 Å². The van der Waals surface area contributed by atoms with Crippen molar-refractivity contribution in [3.05, 3.63) is 27.7 Å². The van der Waals surface area contributed by atoms with E-state index < -0.39 is 0 Å². The minimum atomic E-state index is -0.115.